The van der Waals surface area contributed by atoms with Gasteiger partial charge in [0.05, 0.1) is 0 Å². The van der Waals surface area contributed by atoms with Gasteiger partial charge in [-0.25, -0.2) is 0 Å². The van der Waals surface area contributed by atoms with Crippen molar-refractivity contribution in [1.82, 2.24) is 4.90 Å². The molecule has 0 N–H and O–H groups in total. The highest BCUT2D eigenvalue weighted by molar-refractivity contribution is 6.30. The fourth-order valence-electron chi connectivity index (χ4n) is 3.06. The van der Waals surface area contributed by atoms with Crippen molar-refractivity contribution >= 4 is 29.1 Å². The molecule has 0 saturated carbocycles. The third kappa shape index (κ3) is 5.83. The molecule has 0 unspecified atom stereocenters. The molecule has 0 aliphatic heterocycles. The van der Waals surface area contributed by atoms with E-state index in [1.807, 2.05) is 68.1 Å². The molecule has 5 heteroatoms. The number of carbonyl (C=O) groups is 2. The van der Waals surface area contributed by atoms with E-state index in [1.54, 1.807) is 11.0 Å². The van der Waals surface area contributed by atoms with Crippen LogP contribution in [0.5, 0.6) is 0 Å². The number of nitrogens with zero attached hydrogens (tertiary/aromatic N) is 2. The molecule has 2 rings (SSSR count). The molecular formula is C22H27ClN2O2. The summed E-state index contributed by atoms with van der Waals surface area (Å²) in [5.41, 5.74) is 2.80. The Kier molecular flexibility index (Phi) is 7.43. The molecule has 0 aliphatic carbocycles. The molecule has 0 spiro atoms. The van der Waals surface area contributed by atoms with Gasteiger partial charge in [0.1, 0.15) is 0 Å². The van der Waals surface area contributed by atoms with Crippen molar-refractivity contribution in [2.45, 2.75) is 46.7 Å². The van der Waals surface area contributed by atoms with Gasteiger partial charge in [-0.3, -0.25) is 9.59 Å². The summed E-state index contributed by atoms with van der Waals surface area (Å²) < 4.78 is 0. The van der Waals surface area contributed by atoms with Crippen molar-refractivity contribution in [3.05, 3.63) is 64.7 Å². The number of hydrogen-bond acceptors (Lipinski definition) is 2. The van der Waals surface area contributed by atoms with E-state index in [4.69, 9.17) is 11.6 Å². The van der Waals surface area contributed by atoms with Crippen molar-refractivity contribution in [1.29, 1.82) is 0 Å². The molecule has 0 radical (unpaired) electrons. The minimum Gasteiger partial charge on any atom is -0.336 e. The Morgan fingerprint density at radius 2 is 1.74 bits per heavy atom. The highest BCUT2D eigenvalue weighted by Crippen LogP contribution is 2.24. The summed E-state index contributed by atoms with van der Waals surface area (Å²) in [6.07, 6.45) is 0.270. The Hall–Kier alpha value is -2.33. The van der Waals surface area contributed by atoms with E-state index in [9.17, 15) is 9.59 Å². The van der Waals surface area contributed by atoms with Crippen LogP contribution in [-0.4, -0.2) is 29.3 Å². The van der Waals surface area contributed by atoms with Crippen molar-refractivity contribution in [3.8, 4) is 0 Å². The highest BCUT2D eigenvalue weighted by Gasteiger charge is 2.20. The third-order valence-electron chi connectivity index (χ3n) is 4.52. The quantitative estimate of drug-likeness (QED) is 0.683. The number of halogens is 1. The molecule has 4 nitrogen and oxygen atoms in total. The van der Waals surface area contributed by atoms with Crippen LogP contribution in [0, 0.1) is 6.92 Å². The first-order valence-corrected chi connectivity index (χ1v) is 9.55. The summed E-state index contributed by atoms with van der Waals surface area (Å²) in [5.74, 6) is -0.0564. The van der Waals surface area contributed by atoms with Crippen molar-refractivity contribution < 1.29 is 9.59 Å². The highest BCUT2D eigenvalue weighted by atomic mass is 35.5. The topological polar surface area (TPSA) is 40.6 Å². The second kappa shape index (κ2) is 9.56. The van der Waals surface area contributed by atoms with E-state index in [1.165, 1.54) is 6.92 Å². The Morgan fingerprint density at radius 3 is 2.30 bits per heavy atom. The lowest BCUT2D eigenvalue weighted by molar-refractivity contribution is -0.133. The Morgan fingerprint density at radius 1 is 1.07 bits per heavy atom. The summed E-state index contributed by atoms with van der Waals surface area (Å²) in [6, 6.07) is 15.4. The van der Waals surface area contributed by atoms with Gasteiger partial charge < -0.3 is 9.80 Å². The SMILES string of the molecule is CC(=O)N(CCC(=O)N(Cc1ccccc1)C(C)C)c1ccc(Cl)cc1C. The molecular weight excluding hydrogens is 360 g/mol. The minimum absolute atomic E-state index is 0.0340. The number of rotatable bonds is 7. The van der Waals surface area contributed by atoms with Crippen molar-refractivity contribution in [3.63, 3.8) is 0 Å². The van der Waals surface area contributed by atoms with Crippen LogP contribution in [0.15, 0.2) is 48.5 Å². The van der Waals surface area contributed by atoms with E-state index in [-0.39, 0.29) is 24.3 Å². The van der Waals surface area contributed by atoms with E-state index < -0.39 is 0 Å². The smallest absolute Gasteiger partial charge is 0.224 e. The summed E-state index contributed by atoms with van der Waals surface area (Å²) >= 11 is 6.02. The molecule has 0 atom stereocenters. The second-order valence-electron chi connectivity index (χ2n) is 6.95. The molecule has 0 aromatic heterocycles. The maximum Gasteiger partial charge on any atom is 0.224 e. The van der Waals surface area contributed by atoms with Crippen LogP contribution >= 0.6 is 11.6 Å². The zero-order chi connectivity index (χ0) is 20.0. The summed E-state index contributed by atoms with van der Waals surface area (Å²) in [4.78, 5) is 28.5. The molecule has 144 valence electrons. The van der Waals surface area contributed by atoms with Crippen LogP contribution in [0.1, 0.15) is 38.3 Å². The van der Waals surface area contributed by atoms with E-state index >= 15 is 0 Å². The van der Waals surface area contributed by atoms with Gasteiger partial charge in [-0.05, 0) is 50.1 Å². The maximum absolute atomic E-state index is 12.9. The standard InChI is InChI=1S/C22H27ClN2O2/c1-16(2)25(15-19-8-6-5-7-9-19)22(27)12-13-24(18(4)26)21-11-10-20(23)14-17(21)3/h5-11,14,16H,12-13,15H2,1-4H3. The van der Waals surface area contributed by atoms with Crippen LogP contribution in [0.2, 0.25) is 5.02 Å². The van der Waals surface area contributed by atoms with Gasteiger partial charge >= 0.3 is 0 Å². The van der Waals surface area contributed by atoms with Gasteiger partial charge in [0.15, 0.2) is 0 Å². The largest absolute Gasteiger partial charge is 0.336 e. The lowest BCUT2D eigenvalue weighted by atomic mass is 10.1. The predicted octanol–water partition coefficient (Wildman–Crippen LogP) is 4.83. The molecule has 0 saturated heterocycles. The third-order valence-corrected chi connectivity index (χ3v) is 4.75. The Balaban J connectivity index is 2.10. The normalized spacial score (nSPS) is 10.7. The maximum atomic E-state index is 12.9. The lowest BCUT2D eigenvalue weighted by Gasteiger charge is -2.29. The number of benzene rings is 2. The molecule has 0 heterocycles. The van der Waals surface area contributed by atoms with Crippen LogP contribution in [0.25, 0.3) is 0 Å². The number of amides is 2. The van der Waals surface area contributed by atoms with Crippen LogP contribution in [0.3, 0.4) is 0 Å². The molecule has 0 fully saturated rings. The zero-order valence-electron chi connectivity index (χ0n) is 16.4. The van der Waals surface area contributed by atoms with Crippen molar-refractivity contribution in [2.24, 2.45) is 0 Å². The van der Waals surface area contributed by atoms with Gasteiger partial charge in [-0.1, -0.05) is 41.9 Å². The van der Waals surface area contributed by atoms with Crippen LogP contribution in [0.4, 0.5) is 5.69 Å². The van der Waals surface area contributed by atoms with E-state index in [0.29, 0.717) is 18.1 Å². The van der Waals surface area contributed by atoms with Gasteiger partial charge in [0, 0.05) is 43.2 Å². The molecule has 2 amide bonds. The first kappa shape index (κ1) is 21.0. The van der Waals surface area contributed by atoms with Crippen molar-refractivity contribution in [2.75, 3.05) is 11.4 Å². The second-order valence-corrected chi connectivity index (χ2v) is 7.39. The van der Waals surface area contributed by atoms with E-state index in [0.717, 1.165) is 16.8 Å². The number of anilines is 1. The minimum atomic E-state index is -0.0904. The molecule has 0 aliphatic rings. The monoisotopic (exact) mass is 386 g/mol. The molecule has 2 aromatic rings. The molecule has 27 heavy (non-hydrogen) atoms. The van der Waals surface area contributed by atoms with Gasteiger partial charge in [0.2, 0.25) is 11.8 Å². The number of aryl methyl sites for hydroxylation is 1. The fourth-order valence-corrected chi connectivity index (χ4v) is 3.29. The summed E-state index contributed by atoms with van der Waals surface area (Å²) in [5, 5.41) is 0.629. The van der Waals surface area contributed by atoms with E-state index in [2.05, 4.69) is 0 Å². The van der Waals surface area contributed by atoms with Crippen LogP contribution < -0.4 is 4.90 Å². The van der Waals surface area contributed by atoms with Gasteiger partial charge in [0.25, 0.3) is 0 Å². The first-order valence-electron chi connectivity index (χ1n) is 9.17. The average molecular weight is 387 g/mol. The summed E-state index contributed by atoms with van der Waals surface area (Å²) in [6.45, 7) is 8.35. The Labute approximate surface area is 166 Å². The average Bonchev–Trinajstić information content (AvgIpc) is 2.61. The zero-order valence-corrected chi connectivity index (χ0v) is 17.2. The molecule has 0 bridgehead atoms. The van der Waals surface area contributed by atoms with Crippen LogP contribution in [-0.2, 0) is 16.1 Å². The predicted molar refractivity (Wildman–Crippen MR) is 111 cm³/mol. The number of hydrogen-bond donors (Lipinski definition) is 0. The van der Waals surface area contributed by atoms with Gasteiger partial charge in [-0.2, -0.15) is 0 Å². The lowest BCUT2D eigenvalue weighted by Crippen LogP contribution is -2.39. The first-order chi connectivity index (χ1) is 12.8. The number of carbonyl (C=O) groups excluding carboxylic acids is 2. The molecule has 2 aromatic carbocycles. The Bertz CT molecular complexity index is 790. The summed E-state index contributed by atoms with van der Waals surface area (Å²) in [7, 11) is 0. The fraction of sp³-hybridized carbons (Fsp3) is 0.364. The van der Waals surface area contributed by atoms with Gasteiger partial charge in [-0.15, -0.1) is 0 Å².